The summed E-state index contributed by atoms with van der Waals surface area (Å²) in [5.74, 6) is 1.97. The molecule has 4 rings (SSSR count). The third-order valence-corrected chi connectivity index (χ3v) is 4.96. The molecule has 0 amide bonds. The highest BCUT2D eigenvalue weighted by Gasteiger charge is 2.26. The lowest BCUT2D eigenvalue weighted by atomic mass is 10.1. The first-order valence-electron chi connectivity index (χ1n) is 7.81. The van der Waals surface area contributed by atoms with Gasteiger partial charge in [0, 0.05) is 23.7 Å². The van der Waals surface area contributed by atoms with E-state index >= 15 is 0 Å². The predicted octanol–water partition coefficient (Wildman–Crippen LogP) is 3.07. The first kappa shape index (κ1) is 15.7. The minimum absolute atomic E-state index is 0.00574. The summed E-state index contributed by atoms with van der Waals surface area (Å²) in [5, 5.41) is 14.4. The number of fused-ring (bicyclic) bond motifs is 1. The molecule has 0 bridgehead atoms. The fourth-order valence-corrected chi connectivity index (χ4v) is 3.67. The number of nitrogens with zero attached hydrogens (tertiary/aromatic N) is 3. The van der Waals surface area contributed by atoms with Crippen LogP contribution in [-0.4, -0.2) is 28.7 Å². The lowest BCUT2D eigenvalue weighted by molar-refractivity contribution is 0.282. The summed E-state index contributed by atoms with van der Waals surface area (Å²) in [6, 6.07) is 9.16. The van der Waals surface area contributed by atoms with Gasteiger partial charge in [-0.1, -0.05) is 0 Å². The molecule has 4 heterocycles. The smallest absolute Gasteiger partial charge is 0.163 e. The van der Waals surface area contributed by atoms with Crippen LogP contribution in [0.25, 0.3) is 0 Å². The van der Waals surface area contributed by atoms with Gasteiger partial charge >= 0.3 is 0 Å². The van der Waals surface area contributed by atoms with Crippen molar-refractivity contribution >= 4 is 28.7 Å². The number of aliphatic hydroxyl groups excluding tert-OH is 1. The quantitative estimate of drug-likeness (QED) is 0.759. The summed E-state index contributed by atoms with van der Waals surface area (Å²) < 4.78 is 5.60. The number of aromatic nitrogens is 1. The highest BCUT2D eigenvalue weighted by molar-refractivity contribution is 7.10. The SMILES string of the molecule is CNC1=Nc2ncccc2C(c2ccco2)=NC1c1cc(CO)cs1. The van der Waals surface area contributed by atoms with E-state index in [0.717, 1.165) is 16.0 Å². The Bertz CT molecular complexity index is 944. The predicted molar refractivity (Wildman–Crippen MR) is 97.7 cm³/mol. The lowest BCUT2D eigenvalue weighted by Crippen LogP contribution is -2.24. The van der Waals surface area contributed by atoms with Gasteiger partial charge in [0.2, 0.25) is 0 Å². The van der Waals surface area contributed by atoms with Gasteiger partial charge in [0.1, 0.15) is 17.6 Å². The van der Waals surface area contributed by atoms with E-state index in [2.05, 4.69) is 10.3 Å². The molecule has 0 aliphatic carbocycles. The Morgan fingerprint density at radius 2 is 2.24 bits per heavy atom. The number of amidine groups is 1. The van der Waals surface area contributed by atoms with E-state index < -0.39 is 0 Å². The summed E-state index contributed by atoms with van der Waals surface area (Å²) in [7, 11) is 1.82. The van der Waals surface area contributed by atoms with Crippen LogP contribution in [0.2, 0.25) is 0 Å². The number of aliphatic imine (C=N–C) groups is 2. The van der Waals surface area contributed by atoms with E-state index in [1.807, 2.05) is 42.8 Å². The third-order valence-electron chi connectivity index (χ3n) is 3.92. The average molecular weight is 352 g/mol. The van der Waals surface area contributed by atoms with Crippen molar-refractivity contribution in [3.63, 3.8) is 0 Å². The molecular weight excluding hydrogens is 336 g/mol. The van der Waals surface area contributed by atoms with Crippen molar-refractivity contribution in [3.05, 3.63) is 69.9 Å². The van der Waals surface area contributed by atoms with Crippen LogP contribution in [0.4, 0.5) is 5.82 Å². The second-order valence-corrected chi connectivity index (χ2v) is 6.44. The molecule has 25 heavy (non-hydrogen) atoms. The first-order valence-corrected chi connectivity index (χ1v) is 8.69. The molecule has 6 nitrogen and oxygen atoms in total. The van der Waals surface area contributed by atoms with Gasteiger partial charge in [0.05, 0.1) is 12.9 Å². The minimum atomic E-state index is -0.315. The summed E-state index contributed by atoms with van der Waals surface area (Å²) in [6.45, 7) is 0.00574. The Balaban J connectivity index is 1.92. The van der Waals surface area contributed by atoms with Gasteiger partial charge in [-0.25, -0.2) is 9.98 Å². The number of pyridine rings is 1. The van der Waals surface area contributed by atoms with E-state index in [0.29, 0.717) is 23.1 Å². The maximum atomic E-state index is 9.37. The van der Waals surface area contributed by atoms with Crippen LogP contribution in [0.3, 0.4) is 0 Å². The van der Waals surface area contributed by atoms with Crippen molar-refractivity contribution in [1.82, 2.24) is 10.3 Å². The van der Waals surface area contributed by atoms with Crippen LogP contribution < -0.4 is 5.32 Å². The molecule has 0 radical (unpaired) electrons. The van der Waals surface area contributed by atoms with Crippen LogP contribution in [0.5, 0.6) is 0 Å². The normalized spacial score (nSPS) is 16.6. The zero-order valence-corrected chi connectivity index (χ0v) is 14.3. The molecule has 7 heteroatoms. The Morgan fingerprint density at radius 3 is 2.96 bits per heavy atom. The van der Waals surface area contributed by atoms with Crippen molar-refractivity contribution in [2.24, 2.45) is 9.98 Å². The zero-order valence-electron chi connectivity index (χ0n) is 13.5. The number of rotatable bonds is 3. The third kappa shape index (κ3) is 2.88. The monoisotopic (exact) mass is 352 g/mol. The molecular formula is C18H16N4O2S. The maximum Gasteiger partial charge on any atom is 0.163 e. The zero-order chi connectivity index (χ0) is 17.2. The summed E-state index contributed by atoms with van der Waals surface area (Å²) in [4.78, 5) is 15.0. The van der Waals surface area contributed by atoms with Crippen LogP contribution in [0, 0.1) is 0 Å². The van der Waals surface area contributed by atoms with Crippen molar-refractivity contribution in [2.75, 3.05) is 7.05 Å². The molecule has 1 aliphatic heterocycles. The number of furan rings is 1. The highest BCUT2D eigenvalue weighted by atomic mass is 32.1. The average Bonchev–Trinajstić information content (AvgIpc) is 3.31. The Labute approximate surface area is 148 Å². The van der Waals surface area contributed by atoms with Gasteiger partial charge in [0.25, 0.3) is 0 Å². The molecule has 0 aromatic carbocycles. The van der Waals surface area contributed by atoms with E-state index in [9.17, 15) is 5.11 Å². The van der Waals surface area contributed by atoms with Gasteiger partial charge in [-0.3, -0.25) is 4.99 Å². The standard InChI is InChI=1S/C18H16N4O2S/c1-19-18-16(14-8-11(9-23)10-25-14)21-15(13-5-3-7-24-13)12-4-2-6-20-17(12)22-18/h2-8,10,16,23H,9H2,1H3,(H,19,20,22). The minimum Gasteiger partial charge on any atom is -0.463 e. The molecule has 1 aliphatic rings. The molecule has 0 saturated carbocycles. The maximum absolute atomic E-state index is 9.37. The van der Waals surface area contributed by atoms with Gasteiger partial charge in [-0.15, -0.1) is 11.3 Å². The van der Waals surface area contributed by atoms with Crippen molar-refractivity contribution < 1.29 is 9.52 Å². The van der Waals surface area contributed by atoms with Crippen molar-refractivity contribution in [2.45, 2.75) is 12.6 Å². The van der Waals surface area contributed by atoms with Crippen LogP contribution in [0.15, 0.2) is 62.6 Å². The topological polar surface area (TPSA) is 83.0 Å². The number of likely N-dealkylation sites (N-methyl/N-ethyl adjacent to an activating group) is 1. The fourth-order valence-electron chi connectivity index (χ4n) is 2.73. The van der Waals surface area contributed by atoms with E-state index in [1.54, 1.807) is 23.8 Å². The summed E-state index contributed by atoms with van der Waals surface area (Å²) in [5.41, 5.74) is 2.41. The van der Waals surface area contributed by atoms with Gasteiger partial charge in [0.15, 0.2) is 11.6 Å². The molecule has 1 atom stereocenters. The molecule has 0 saturated heterocycles. The second kappa shape index (κ2) is 6.62. The molecule has 0 fully saturated rings. The number of thiophene rings is 1. The van der Waals surface area contributed by atoms with E-state index in [4.69, 9.17) is 14.4 Å². The number of nitrogens with one attached hydrogen (secondary N) is 1. The largest absolute Gasteiger partial charge is 0.463 e. The molecule has 2 N–H and O–H groups in total. The van der Waals surface area contributed by atoms with Crippen LogP contribution in [0.1, 0.15) is 27.8 Å². The fraction of sp³-hybridized carbons (Fsp3) is 0.167. The number of aliphatic hydroxyl groups is 1. The van der Waals surface area contributed by atoms with E-state index in [1.165, 1.54) is 0 Å². The highest BCUT2D eigenvalue weighted by Crippen LogP contribution is 2.33. The molecule has 0 spiro atoms. The van der Waals surface area contributed by atoms with E-state index in [-0.39, 0.29) is 12.6 Å². The first-order chi connectivity index (χ1) is 12.3. The molecule has 1 unspecified atom stereocenters. The number of hydrogen-bond donors (Lipinski definition) is 2. The van der Waals surface area contributed by atoms with Gasteiger partial charge in [-0.05, 0) is 41.3 Å². The van der Waals surface area contributed by atoms with Crippen LogP contribution in [-0.2, 0) is 6.61 Å². The van der Waals surface area contributed by atoms with Crippen molar-refractivity contribution in [1.29, 1.82) is 0 Å². The summed E-state index contributed by atoms with van der Waals surface area (Å²) >= 11 is 1.55. The molecule has 3 aromatic rings. The Hall–Kier alpha value is -2.77. The van der Waals surface area contributed by atoms with Gasteiger partial charge < -0.3 is 14.8 Å². The van der Waals surface area contributed by atoms with Crippen LogP contribution >= 0.6 is 11.3 Å². The number of hydrogen-bond acceptors (Lipinski definition) is 7. The Morgan fingerprint density at radius 1 is 1.32 bits per heavy atom. The Kier molecular flexibility index (Phi) is 4.17. The lowest BCUT2D eigenvalue weighted by Gasteiger charge is -2.13. The van der Waals surface area contributed by atoms with Gasteiger partial charge in [-0.2, -0.15) is 0 Å². The second-order valence-electron chi connectivity index (χ2n) is 5.49. The summed E-state index contributed by atoms with van der Waals surface area (Å²) in [6.07, 6.45) is 3.34. The molecule has 126 valence electrons. The molecule has 3 aromatic heterocycles. The van der Waals surface area contributed by atoms with Crippen molar-refractivity contribution in [3.8, 4) is 0 Å².